The maximum Gasteiger partial charge on any atom is 0.128 e. The maximum absolute atomic E-state index is 10.8. The van der Waals surface area contributed by atoms with Crippen LogP contribution in [-0.4, -0.2) is 23.2 Å². The number of anilines is 1. The molecule has 2 heterocycles. The van der Waals surface area contributed by atoms with Crippen molar-refractivity contribution in [2.75, 3.05) is 18.0 Å². The number of piperidine rings is 1. The van der Waals surface area contributed by atoms with E-state index < -0.39 is 5.60 Å². The third kappa shape index (κ3) is 2.47. The summed E-state index contributed by atoms with van der Waals surface area (Å²) in [6.07, 6.45) is 3.15. The zero-order chi connectivity index (χ0) is 13.1. The van der Waals surface area contributed by atoms with Crippen molar-refractivity contribution in [3.63, 3.8) is 0 Å². The monoisotopic (exact) mass is 253 g/mol. The van der Waals surface area contributed by atoms with Crippen LogP contribution in [0.1, 0.15) is 18.4 Å². The van der Waals surface area contributed by atoms with E-state index in [2.05, 4.69) is 16.0 Å². The van der Waals surface area contributed by atoms with Crippen molar-refractivity contribution in [2.45, 2.75) is 18.4 Å². The van der Waals surface area contributed by atoms with Crippen LogP contribution in [0.3, 0.4) is 0 Å². The van der Waals surface area contributed by atoms with Gasteiger partial charge in [-0.1, -0.05) is 30.3 Å². The molecule has 1 N–H and O–H groups in total. The molecule has 97 valence electrons. The van der Waals surface area contributed by atoms with Crippen LogP contribution in [0.15, 0.2) is 48.7 Å². The number of pyridine rings is 1. The van der Waals surface area contributed by atoms with Crippen molar-refractivity contribution in [3.8, 4) is 0 Å². The lowest BCUT2D eigenvalue weighted by molar-refractivity contribution is 0.0116. The zero-order valence-electron chi connectivity index (χ0n) is 10.8. The summed E-state index contributed by atoms with van der Waals surface area (Å²) in [5, 5.41) is 10.8. The summed E-state index contributed by atoms with van der Waals surface area (Å²) < 4.78 is 0. The Morgan fingerprint density at radius 1 is 1.11 bits per heavy atom. The molecule has 0 bridgehead atoms. The summed E-state index contributed by atoms with van der Waals surface area (Å²) in [6.45, 7) is 1.64. The first-order valence-corrected chi connectivity index (χ1v) is 6.63. The lowest BCUT2D eigenvalue weighted by Gasteiger charge is -2.39. The van der Waals surface area contributed by atoms with E-state index in [0.717, 1.165) is 37.3 Å². The molecule has 1 radical (unpaired) electrons. The van der Waals surface area contributed by atoms with Crippen LogP contribution in [0.5, 0.6) is 0 Å². The van der Waals surface area contributed by atoms with Crippen molar-refractivity contribution < 1.29 is 5.11 Å². The van der Waals surface area contributed by atoms with E-state index in [4.69, 9.17) is 0 Å². The average molecular weight is 253 g/mol. The minimum atomic E-state index is -0.696. The minimum absolute atomic E-state index is 0.696. The Kier molecular flexibility index (Phi) is 3.22. The van der Waals surface area contributed by atoms with E-state index in [9.17, 15) is 5.11 Å². The summed E-state index contributed by atoms with van der Waals surface area (Å²) in [6, 6.07) is 16.7. The first-order chi connectivity index (χ1) is 9.28. The lowest BCUT2D eigenvalue weighted by Crippen LogP contribution is -2.42. The first kappa shape index (κ1) is 12.2. The second-order valence-corrected chi connectivity index (χ2v) is 5.00. The van der Waals surface area contributed by atoms with Gasteiger partial charge in [-0.25, -0.2) is 4.98 Å². The highest BCUT2D eigenvalue weighted by Crippen LogP contribution is 2.33. The van der Waals surface area contributed by atoms with E-state index in [1.165, 1.54) is 0 Å². The smallest absolute Gasteiger partial charge is 0.128 e. The van der Waals surface area contributed by atoms with E-state index in [1.807, 2.05) is 42.5 Å². The molecule has 3 heteroatoms. The molecule has 0 amide bonds. The number of hydrogen-bond donors (Lipinski definition) is 1. The fourth-order valence-corrected chi connectivity index (χ4v) is 2.64. The largest absolute Gasteiger partial charge is 0.385 e. The van der Waals surface area contributed by atoms with Gasteiger partial charge >= 0.3 is 0 Å². The summed E-state index contributed by atoms with van der Waals surface area (Å²) in [5.74, 6) is 0.967. The van der Waals surface area contributed by atoms with Gasteiger partial charge in [0.2, 0.25) is 0 Å². The van der Waals surface area contributed by atoms with Crippen LogP contribution in [0, 0.1) is 6.07 Å². The molecule has 1 aliphatic heterocycles. The average Bonchev–Trinajstić information content (AvgIpc) is 2.50. The van der Waals surface area contributed by atoms with Crippen molar-refractivity contribution in [1.82, 2.24) is 4.98 Å². The second-order valence-electron chi connectivity index (χ2n) is 5.00. The molecule has 0 atom stereocenters. The number of rotatable bonds is 2. The highest BCUT2D eigenvalue weighted by atomic mass is 16.3. The topological polar surface area (TPSA) is 36.4 Å². The van der Waals surface area contributed by atoms with E-state index >= 15 is 0 Å². The standard InChI is InChI=1S/C16H17N2O/c19-16(14-6-2-1-3-7-14)9-12-18(13-10-16)15-8-4-5-11-17-15/h1-4,6-8,11,19H,9-10,12-13H2. The van der Waals surface area contributed by atoms with E-state index in [1.54, 1.807) is 6.20 Å². The Bertz CT molecular complexity index is 519. The Morgan fingerprint density at radius 2 is 1.84 bits per heavy atom. The van der Waals surface area contributed by atoms with Gasteiger partial charge in [-0.3, -0.25) is 0 Å². The summed E-state index contributed by atoms with van der Waals surface area (Å²) in [5.41, 5.74) is 0.322. The molecular formula is C16H17N2O. The number of aromatic nitrogens is 1. The van der Waals surface area contributed by atoms with Gasteiger partial charge in [-0.2, -0.15) is 0 Å². The van der Waals surface area contributed by atoms with Crippen LogP contribution in [0.25, 0.3) is 0 Å². The summed E-state index contributed by atoms with van der Waals surface area (Å²) >= 11 is 0. The summed E-state index contributed by atoms with van der Waals surface area (Å²) in [7, 11) is 0. The Balaban J connectivity index is 1.73. The number of nitrogens with zero attached hydrogens (tertiary/aromatic N) is 2. The van der Waals surface area contributed by atoms with Crippen molar-refractivity contribution in [1.29, 1.82) is 0 Å². The molecular weight excluding hydrogens is 236 g/mol. The molecule has 1 aliphatic rings. The van der Waals surface area contributed by atoms with Crippen LogP contribution in [-0.2, 0) is 5.60 Å². The van der Waals surface area contributed by atoms with Crippen LogP contribution in [0.2, 0.25) is 0 Å². The molecule has 1 aromatic carbocycles. The van der Waals surface area contributed by atoms with Gasteiger partial charge in [-0.15, -0.1) is 0 Å². The number of hydrogen-bond acceptors (Lipinski definition) is 3. The van der Waals surface area contributed by atoms with Gasteiger partial charge < -0.3 is 10.0 Å². The molecule has 0 saturated carbocycles. The van der Waals surface area contributed by atoms with E-state index in [0.29, 0.717) is 0 Å². The Morgan fingerprint density at radius 3 is 2.47 bits per heavy atom. The van der Waals surface area contributed by atoms with Crippen molar-refractivity contribution >= 4 is 5.82 Å². The van der Waals surface area contributed by atoms with Gasteiger partial charge in [0.25, 0.3) is 0 Å². The van der Waals surface area contributed by atoms with E-state index in [-0.39, 0.29) is 0 Å². The molecule has 0 spiro atoms. The van der Waals surface area contributed by atoms with Crippen LogP contribution < -0.4 is 4.90 Å². The predicted octanol–water partition coefficient (Wildman–Crippen LogP) is 2.37. The van der Waals surface area contributed by atoms with Crippen molar-refractivity contribution in [2.24, 2.45) is 0 Å². The summed E-state index contributed by atoms with van der Waals surface area (Å²) in [4.78, 5) is 6.53. The highest BCUT2D eigenvalue weighted by Gasteiger charge is 2.34. The fourth-order valence-electron chi connectivity index (χ4n) is 2.64. The zero-order valence-corrected chi connectivity index (χ0v) is 10.8. The van der Waals surface area contributed by atoms with Gasteiger partial charge in [-0.05, 0) is 30.5 Å². The van der Waals surface area contributed by atoms with Crippen LogP contribution >= 0.6 is 0 Å². The Labute approximate surface area is 113 Å². The molecule has 19 heavy (non-hydrogen) atoms. The maximum atomic E-state index is 10.8. The van der Waals surface area contributed by atoms with Gasteiger partial charge in [0.15, 0.2) is 0 Å². The molecule has 3 nitrogen and oxygen atoms in total. The quantitative estimate of drug-likeness (QED) is 0.892. The minimum Gasteiger partial charge on any atom is -0.385 e. The number of aliphatic hydroxyl groups is 1. The molecule has 3 rings (SSSR count). The van der Waals surface area contributed by atoms with Gasteiger partial charge in [0.1, 0.15) is 5.82 Å². The molecule has 1 saturated heterocycles. The molecule has 1 aromatic heterocycles. The second kappa shape index (κ2) is 5.02. The highest BCUT2D eigenvalue weighted by molar-refractivity contribution is 5.39. The first-order valence-electron chi connectivity index (χ1n) is 6.63. The number of benzene rings is 1. The third-order valence-electron chi connectivity index (χ3n) is 3.83. The third-order valence-corrected chi connectivity index (χ3v) is 3.83. The molecule has 2 aromatic rings. The molecule has 0 aliphatic carbocycles. The van der Waals surface area contributed by atoms with Gasteiger partial charge in [0.05, 0.1) is 5.60 Å². The molecule has 0 unspecified atom stereocenters. The Hall–Kier alpha value is -1.87. The predicted molar refractivity (Wildman–Crippen MR) is 74.9 cm³/mol. The lowest BCUT2D eigenvalue weighted by atomic mass is 9.84. The molecule has 1 fully saturated rings. The van der Waals surface area contributed by atoms with Crippen molar-refractivity contribution in [3.05, 3.63) is 60.3 Å². The van der Waals surface area contributed by atoms with Gasteiger partial charge in [0, 0.05) is 25.4 Å². The fraction of sp³-hybridized carbons (Fsp3) is 0.312. The van der Waals surface area contributed by atoms with Crippen LogP contribution in [0.4, 0.5) is 5.82 Å². The normalized spacial score (nSPS) is 18.3. The SMILES string of the molecule is OC1(c2ccccc2)CCN(c2cc[c]cn2)CC1.